The number of amides is 3. The van der Waals surface area contributed by atoms with Gasteiger partial charge < -0.3 is 20.6 Å². The maximum Gasteiger partial charge on any atom is 0.244 e. The Kier molecular flexibility index (Phi) is 6.64. The third kappa shape index (κ3) is 3.83. The van der Waals surface area contributed by atoms with E-state index in [0.717, 1.165) is 38.5 Å². The van der Waals surface area contributed by atoms with E-state index < -0.39 is 28.7 Å². The summed E-state index contributed by atoms with van der Waals surface area (Å²) >= 11 is 1.68. The second-order valence-electron chi connectivity index (χ2n) is 10.2. The number of anilines is 1. The topological polar surface area (TPSA) is 98.7 Å². The molecule has 1 aromatic rings. The molecule has 2 unspecified atom stereocenters. The minimum atomic E-state index is -0.645. The first kappa shape index (κ1) is 23.7. The van der Waals surface area contributed by atoms with Gasteiger partial charge in [-0.1, -0.05) is 44.4 Å². The molecule has 34 heavy (non-hydrogen) atoms. The van der Waals surface area contributed by atoms with Crippen LogP contribution >= 0.6 is 11.8 Å². The summed E-state index contributed by atoms with van der Waals surface area (Å²) < 4.78 is -0.609. The molecule has 184 valence electrons. The normalized spacial score (nSPS) is 33.6. The van der Waals surface area contributed by atoms with E-state index in [1.807, 2.05) is 37.3 Å². The van der Waals surface area contributed by atoms with Crippen molar-refractivity contribution in [1.29, 1.82) is 0 Å². The Balaban J connectivity index is 1.46. The van der Waals surface area contributed by atoms with Crippen molar-refractivity contribution in [2.24, 2.45) is 11.8 Å². The molecule has 8 heteroatoms. The van der Waals surface area contributed by atoms with Crippen molar-refractivity contribution in [3.05, 3.63) is 30.3 Å². The number of aliphatic hydroxyl groups excluding tert-OH is 1. The van der Waals surface area contributed by atoms with Crippen molar-refractivity contribution in [3.63, 3.8) is 0 Å². The molecule has 1 spiro atoms. The minimum Gasteiger partial charge on any atom is -0.394 e. The number of carbonyl (C=O) groups is 3. The lowest BCUT2D eigenvalue weighted by Crippen LogP contribution is -2.58. The first-order valence-corrected chi connectivity index (χ1v) is 13.6. The molecule has 3 amide bonds. The number of para-hydroxylation sites is 1. The molecule has 1 aliphatic carbocycles. The summed E-state index contributed by atoms with van der Waals surface area (Å²) in [6.45, 7) is 1.74. The summed E-state index contributed by atoms with van der Waals surface area (Å²) in [7, 11) is 0. The van der Waals surface area contributed by atoms with Gasteiger partial charge in [-0.25, -0.2) is 0 Å². The van der Waals surface area contributed by atoms with E-state index in [-0.39, 0.29) is 35.6 Å². The van der Waals surface area contributed by atoms with Crippen LogP contribution in [0.2, 0.25) is 0 Å². The smallest absolute Gasteiger partial charge is 0.244 e. The minimum absolute atomic E-state index is 0.0268. The first-order chi connectivity index (χ1) is 16.5. The Morgan fingerprint density at radius 2 is 1.88 bits per heavy atom. The summed E-state index contributed by atoms with van der Waals surface area (Å²) in [6.07, 6.45) is 7.48. The highest BCUT2D eigenvalue weighted by atomic mass is 32.2. The number of hydrogen-bond donors (Lipinski definition) is 3. The third-order valence-electron chi connectivity index (χ3n) is 8.36. The molecular weight excluding hydrogens is 450 g/mol. The van der Waals surface area contributed by atoms with Gasteiger partial charge in [0.1, 0.15) is 6.04 Å². The van der Waals surface area contributed by atoms with Crippen LogP contribution in [0.5, 0.6) is 0 Å². The summed E-state index contributed by atoms with van der Waals surface area (Å²) in [5.74, 6) is -1.41. The van der Waals surface area contributed by atoms with E-state index in [1.54, 1.807) is 16.7 Å². The van der Waals surface area contributed by atoms with Crippen molar-refractivity contribution >= 4 is 35.2 Å². The third-order valence-corrected chi connectivity index (χ3v) is 10.3. The van der Waals surface area contributed by atoms with E-state index in [2.05, 4.69) is 10.6 Å². The fraction of sp³-hybridized carbons (Fsp3) is 0.654. The average molecular weight is 486 g/mol. The Bertz CT molecular complexity index is 933. The van der Waals surface area contributed by atoms with Crippen LogP contribution in [0.15, 0.2) is 30.3 Å². The van der Waals surface area contributed by atoms with Crippen LogP contribution in [0.1, 0.15) is 58.3 Å². The molecule has 3 heterocycles. The van der Waals surface area contributed by atoms with Crippen LogP contribution in [0, 0.1) is 11.8 Å². The Morgan fingerprint density at radius 3 is 2.56 bits per heavy atom. The molecule has 0 aromatic heterocycles. The number of benzene rings is 1. The van der Waals surface area contributed by atoms with E-state index >= 15 is 0 Å². The maximum absolute atomic E-state index is 13.9. The monoisotopic (exact) mass is 485 g/mol. The van der Waals surface area contributed by atoms with Crippen LogP contribution < -0.4 is 10.6 Å². The molecule has 1 aromatic carbocycles. The predicted octanol–water partition coefficient (Wildman–Crippen LogP) is 2.94. The van der Waals surface area contributed by atoms with Crippen LogP contribution in [0.3, 0.4) is 0 Å². The lowest BCUT2D eigenvalue weighted by molar-refractivity contribution is -0.142. The zero-order chi connectivity index (χ0) is 23.9. The number of aliphatic hydroxyl groups is 1. The van der Waals surface area contributed by atoms with Crippen LogP contribution in [0.25, 0.3) is 0 Å². The number of fused-ring (bicyclic) bond motifs is 1. The van der Waals surface area contributed by atoms with E-state index in [0.29, 0.717) is 12.1 Å². The van der Waals surface area contributed by atoms with Crippen LogP contribution in [-0.4, -0.2) is 62.5 Å². The quantitative estimate of drug-likeness (QED) is 0.552. The summed E-state index contributed by atoms with van der Waals surface area (Å²) in [6, 6.07) is 8.39. The summed E-state index contributed by atoms with van der Waals surface area (Å²) in [5, 5.41) is 16.4. The maximum atomic E-state index is 13.9. The van der Waals surface area contributed by atoms with Crippen molar-refractivity contribution in [2.45, 2.75) is 86.4 Å². The Morgan fingerprint density at radius 1 is 1.15 bits per heavy atom. The second kappa shape index (κ2) is 9.53. The van der Waals surface area contributed by atoms with Crippen molar-refractivity contribution in [2.75, 3.05) is 11.9 Å². The lowest BCUT2D eigenvalue weighted by atomic mass is 9.70. The fourth-order valence-corrected chi connectivity index (χ4v) is 8.98. The van der Waals surface area contributed by atoms with Gasteiger partial charge in [-0.15, -0.1) is 11.8 Å². The lowest BCUT2D eigenvalue weighted by Gasteiger charge is -2.38. The highest BCUT2D eigenvalue weighted by Gasteiger charge is 2.74. The molecule has 1 saturated carbocycles. The molecule has 3 saturated heterocycles. The van der Waals surface area contributed by atoms with Gasteiger partial charge in [0.15, 0.2) is 0 Å². The number of carbonyl (C=O) groups excluding carboxylic acids is 3. The molecule has 3 aliphatic heterocycles. The van der Waals surface area contributed by atoms with Crippen LogP contribution in [-0.2, 0) is 14.4 Å². The standard InChI is InChI=1S/C26H35N3O4S/c1-2-18(15-30)29-22(24(32)28-17-11-7-4-8-12-17)26-14-13-19(34-26)20(21(26)25(29)33)23(31)27-16-9-5-3-6-10-16/h3,5-6,9-10,17-22,30H,2,4,7-8,11-15H2,1H3,(H,27,31)(H,28,32)/t18-,19+,20-,21-,22?,26?/m0/s1. The number of likely N-dealkylation sites (tertiary alicyclic amines) is 1. The average Bonchev–Trinajstić information content (AvgIpc) is 3.49. The summed E-state index contributed by atoms with van der Waals surface area (Å²) in [4.78, 5) is 42.9. The largest absolute Gasteiger partial charge is 0.394 e. The molecule has 4 fully saturated rings. The number of hydrogen-bond acceptors (Lipinski definition) is 5. The van der Waals surface area contributed by atoms with Gasteiger partial charge in [0.25, 0.3) is 0 Å². The van der Waals surface area contributed by atoms with Gasteiger partial charge in [-0.05, 0) is 44.2 Å². The van der Waals surface area contributed by atoms with Gasteiger partial charge in [-0.2, -0.15) is 0 Å². The predicted molar refractivity (Wildman–Crippen MR) is 132 cm³/mol. The molecule has 0 radical (unpaired) electrons. The zero-order valence-corrected chi connectivity index (χ0v) is 20.6. The Labute approximate surface area is 205 Å². The van der Waals surface area contributed by atoms with Gasteiger partial charge in [0.2, 0.25) is 17.7 Å². The Hall–Kier alpha value is -2.06. The molecule has 7 nitrogen and oxygen atoms in total. The number of rotatable bonds is 7. The fourth-order valence-electron chi connectivity index (χ4n) is 6.77. The highest BCUT2D eigenvalue weighted by Crippen LogP contribution is 2.66. The number of nitrogens with one attached hydrogen (secondary N) is 2. The highest BCUT2D eigenvalue weighted by molar-refractivity contribution is 8.02. The van der Waals surface area contributed by atoms with Gasteiger partial charge in [0.05, 0.1) is 29.2 Å². The molecule has 4 aliphatic rings. The number of thioether (sulfide) groups is 1. The van der Waals surface area contributed by atoms with E-state index in [9.17, 15) is 19.5 Å². The van der Waals surface area contributed by atoms with E-state index in [4.69, 9.17) is 0 Å². The van der Waals surface area contributed by atoms with Crippen molar-refractivity contribution < 1.29 is 19.5 Å². The van der Waals surface area contributed by atoms with Gasteiger partial charge in [0, 0.05) is 17.0 Å². The SMILES string of the molecule is CC[C@@H](CO)N1C(=O)[C@@H]2[C@@H](C(=O)Nc3ccccc3)[C@H]3CCC2(S3)C1C(=O)NC1CCCCC1. The molecule has 2 bridgehead atoms. The summed E-state index contributed by atoms with van der Waals surface area (Å²) in [5.41, 5.74) is 0.713. The molecule has 5 rings (SSSR count). The van der Waals surface area contributed by atoms with Gasteiger partial charge >= 0.3 is 0 Å². The first-order valence-electron chi connectivity index (χ1n) is 12.8. The zero-order valence-electron chi connectivity index (χ0n) is 19.7. The van der Waals surface area contributed by atoms with Crippen molar-refractivity contribution in [1.82, 2.24) is 10.2 Å². The van der Waals surface area contributed by atoms with E-state index in [1.165, 1.54) is 6.42 Å². The van der Waals surface area contributed by atoms with Crippen molar-refractivity contribution in [3.8, 4) is 0 Å². The van der Waals surface area contributed by atoms with Crippen LogP contribution in [0.4, 0.5) is 5.69 Å². The molecule has 6 atom stereocenters. The number of nitrogens with zero attached hydrogens (tertiary/aromatic N) is 1. The van der Waals surface area contributed by atoms with Gasteiger partial charge in [-0.3, -0.25) is 14.4 Å². The molecular formula is C26H35N3O4S. The second-order valence-corrected chi connectivity index (χ2v) is 11.8. The molecule has 3 N–H and O–H groups in total.